The second-order valence-electron chi connectivity index (χ2n) is 0. The van der Waals surface area contributed by atoms with Crippen LogP contribution in [0.2, 0.25) is 0 Å². The Labute approximate surface area is 43.7 Å². The summed E-state index contributed by atoms with van der Waals surface area (Å²) in [6, 6.07) is 0. The Morgan fingerprint density at radius 2 is 0.400 bits per heavy atom. The van der Waals surface area contributed by atoms with Gasteiger partial charge >= 0.3 is 21.1 Å². The quantitative estimate of drug-likeness (QED) is 0.439. The zero-order chi connectivity index (χ0) is 0. The normalized spacial score (nSPS) is 0. The molecule has 5 heteroatoms. The molecule has 0 atom stereocenters. The molecule has 0 unspecified atom stereocenters. The summed E-state index contributed by atoms with van der Waals surface area (Å²) in [7, 11) is 0. The number of hydrogen-bond donors (Lipinski definition) is 0. The Balaban J connectivity index is 0. The first-order chi connectivity index (χ1) is 0. The van der Waals surface area contributed by atoms with Crippen molar-refractivity contribution in [1.82, 2.24) is 0 Å². The van der Waals surface area contributed by atoms with E-state index in [-0.39, 0.29) is 43.0 Å². The average Bonchev–Trinajstić information content (AvgIpc) is 0. The molecule has 0 amide bonds. The van der Waals surface area contributed by atoms with Crippen LogP contribution in [-0.4, -0.2) is 21.9 Å². The Kier molecular flexibility index (Phi) is 16400. The molecule has 0 aliphatic rings. The van der Waals surface area contributed by atoms with Crippen LogP contribution in [0.1, 0.15) is 0 Å². The maximum Gasteiger partial charge on any atom is 4.00 e. The monoisotopic (exact) mass is 166 g/mol. The molecule has 0 heterocycles. The van der Waals surface area contributed by atoms with Gasteiger partial charge in [0.2, 0.25) is 0 Å². The maximum atomic E-state index is 0. The van der Waals surface area contributed by atoms with Gasteiger partial charge in [0, 0.05) is 0 Å². The summed E-state index contributed by atoms with van der Waals surface area (Å²) in [5.74, 6) is 0. The van der Waals surface area contributed by atoms with Crippen molar-refractivity contribution >= 4 is 0 Å². The minimum atomic E-state index is 0. The van der Waals surface area contributed by atoms with E-state index in [1.807, 2.05) is 0 Å². The van der Waals surface area contributed by atoms with E-state index in [1.54, 1.807) is 0 Å². The molecular formula is H4MoO4. The van der Waals surface area contributed by atoms with Gasteiger partial charge in [-0.3, -0.25) is 0 Å². The van der Waals surface area contributed by atoms with E-state index in [9.17, 15) is 0 Å². The predicted octanol–water partition coefficient (Wildman–Crippen LogP) is -0.710. The SMILES string of the molecule is [Mo+4].[OH-].[OH-].[OH-].[OH-]. The first kappa shape index (κ1) is 406. The summed E-state index contributed by atoms with van der Waals surface area (Å²) in [4.78, 5) is 0. The molecule has 5 heavy (non-hydrogen) atoms. The van der Waals surface area contributed by atoms with Crippen molar-refractivity contribution < 1.29 is 43.0 Å². The second kappa shape index (κ2) is 202. The fourth-order valence-corrected chi connectivity index (χ4v) is 0. The van der Waals surface area contributed by atoms with Crippen LogP contribution < -0.4 is 0 Å². The molecule has 0 aliphatic carbocycles. The van der Waals surface area contributed by atoms with Gasteiger partial charge in [-0.05, 0) is 0 Å². The van der Waals surface area contributed by atoms with Gasteiger partial charge in [-0.15, -0.1) is 0 Å². The topological polar surface area (TPSA) is 120 Å². The molecule has 0 radical (unpaired) electrons. The maximum absolute atomic E-state index is 0. The zero-order valence-corrected chi connectivity index (χ0v) is 4.20. The summed E-state index contributed by atoms with van der Waals surface area (Å²) in [6.45, 7) is 0. The zero-order valence-electron chi connectivity index (χ0n) is 2.20. The summed E-state index contributed by atoms with van der Waals surface area (Å²) in [5, 5.41) is 0. The summed E-state index contributed by atoms with van der Waals surface area (Å²) < 4.78 is 0. The molecule has 4 N–H and O–H groups in total. The van der Waals surface area contributed by atoms with Gasteiger partial charge in [-0.25, -0.2) is 0 Å². The molecular weight excluding hydrogens is 160 g/mol. The van der Waals surface area contributed by atoms with E-state index in [0.717, 1.165) is 0 Å². The van der Waals surface area contributed by atoms with Crippen LogP contribution in [0.25, 0.3) is 0 Å². The molecule has 0 bridgehead atoms. The van der Waals surface area contributed by atoms with Crippen LogP contribution in [0.4, 0.5) is 0 Å². The molecule has 34 valence electrons. The molecule has 0 aliphatic heterocycles. The van der Waals surface area contributed by atoms with Gasteiger partial charge in [0.05, 0.1) is 0 Å². The average molecular weight is 164 g/mol. The van der Waals surface area contributed by atoms with Crippen molar-refractivity contribution in [2.45, 2.75) is 0 Å². The largest absolute Gasteiger partial charge is 4.00 e. The number of rotatable bonds is 0. The molecule has 0 saturated heterocycles. The molecule has 4 nitrogen and oxygen atoms in total. The van der Waals surface area contributed by atoms with Gasteiger partial charge in [-0.1, -0.05) is 0 Å². The molecule has 0 rings (SSSR count). The van der Waals surface area contributed by atoms with Crippen molar-refractivity contribution in [3.8, 4) is 0 Å². The molecule has 0 aromatic rings. The smallest absolute Gasteiger partial charge is 0.870 e. The van der Waals surface area contributed by atoms with Crippen molar-refractivity contribution in [2.24, 2.45) is 0 Å². The molecule has 0 spiro atoms. The van der Waals surface area contributed by atoms with Crippen molar-refractivity contribution in [2.75, 3.05) is 0 Å². The van der Waals surface area contributed by atoms with E-state index in [1.165, 1.54) is 0 Å². The third-order valence-corrected chi connectivity index (χ3v) is 0. The van der Waals surface area contributed by atoms with E-state index in [2.05, 4.69) is 0 Å². The minimum Gasteiger partial charge on any atom is -0.870 e. The van der Waals surface area contributed by atoms with E-state index in [0.29, 0.717) is 0 Å². The first-order valence-electron chi connectivity index (χ1n) is 0. The summed E-state index contributed by atoms with van der Waals surface area (Å²) in [6.07, 6.45) is 0. The Hall–Kier alpha value is 0.528. The fraction of sp³-hybridized carbons (Fsp3) is 0. The molecule has 0 aromatic heterocycles. The van der Waals surface area contributed by atoms with E-state index >= 15 is 0 Å². The van der Waals surface area contributed by atoms with E-state index < -0.39 is 0 Å². The van der Waals surface area contributed by atoms with E-state index in [4.69, 9.17) is 0 Å². The van der Waals surface area contributed by atoms with Crippen LogP contribution >= 0.6 is 0 Å². The summed E-state index contributed by atoms with van der Waals surface area (Å²) in [5.41, 5.74) is 0. The number of hydrogen-bond acceptors (Lipinski definition) is 4. The van der Waals surface area contributed by atoms with Crippen molar-refractivity contribution in [3.05, 3.63) is 0 Å². The van der Waals surface area contributed by atoms with Gasteiger partial charge in [0.15, 0.2) is 0 Å². The Bertz CT molecular complexity index is 3.61. The van der Waals surface area contributed by atoms with Gasteiger partial charge in [-0.2, -0.15) is 0 Å². The molecule has 0 saturated carbocycles. The minimum absolute atomic E-state index is 0. The predicted molar refractivity (Wildman–Crippen MR) is 7.74 cm³/mol. The standard InChI is InChI=1S/Mo.4H2O/h;4*1H2/q+4;;;;/p-4. The third kappa shape index (κ3) is 104. The van der Waals surface area contributed by atoms with Gasteiger partial charge in [0.25, 0.3) is 0 Å². The van der Waals surface area contributed by atoms with Gasteiger partial charge in [0.1, 0.15) is 0 Å². The van der Waals surface area contributed by atoms with Crippen LogP contribution in [0, 0.1) is 0 Å². The first-order valence-corrected chi connectivity index (χ1v) is 0. The van der Waals surface area contributed by atoms with Crippen LogP contribution in [0.3, 0.4) is 0 Å². The van der Waals surface area contributed by atoms with Crippen LogP contribution in [0.15, 0.2) is 0 Å². The second-order valence-corrected chi connectivity index (χ2v) is 0. The summed E-state index contributed by atoms with van der Waals surface area (Å²) >= 11 is 0. The van der Waals surface area contributed by atoms with Crippen LogP contribution in [0.5, 0.6) is 0 Å². The van der Waals surface area contributed by atoms with Crippen molar-refractivity contribution in [3.63, 3.8) is 0 Å². The Morgan fingerprint density at radius 1 is 0.400 bits per heavy atom. The van der Waals surface area contributed by atoms with Gasteiger partial charge < -0.3 is 21.9 Å². The van der Waals surface area contributed by atoms with Crippen molar-refractivity contribution in [1.29, 1.82) is 0 Å². The fourth-order valence-electron chi connectivity index (χ4n) is 0. The Morgan fingerprint density at radius 3 is 0.400 bits per heavy atom. The van der Waals surface area contributed by atoms with Crippen LogP contribution in [-0.2, 0) is 21.1 Å². The third-order valence-electron chi connectivity index (χ3n) is 0. The molecule has 0 aromatic carbocycles. The molecule has 0 fully saturated rings.